The largest absolute Gasteiger partial charge is 0.383 e. The maximum absolute atomic E-state index is 5.96. The fourth-order valence-electron chi connectivity index (χ4n) is 2.28. The number of fused-ring (bicyclic) bond motifs is 1. The van der Waals surface area contributed by atoms with E-state index >= 15 is 0 Å². The Morgan fingerprint density at radius 3 is 2.76 bits per heavy atom. The number of nitrogens with zero attached hydrogens (tertiary/aromatic N) is 3. The van der Waals surface area contributed by atoms with Crippen molar-refractivity contribution in [2.45, 2.75) is 25.7 Å². The van der Waals surface area contributed by atoms with Crippen molar-refractivity contribution in [2.75, 3.05) is 5.73 Å². The number of rotatable bonds is 2. The lowest BCUT2D eigenvalue weighted by molar-refractivity contribution is 0.885. The molecule has 0 saturated carbocycles. The SMILES string of the molecule is Nc1nc(Cc2ccncc2)nc2c1CCC2. The maximum atomic E-state index is 5.96. The molecule has 0 amide bonds. The van der Waals surface area contributed by atoms with Crippen LogP contribution in [0.4, 0.5) is 5.82 Å². The van der Waals surface area contributed by atoms with Gasteiger partial charge in [-0.1, -0.05) is 0 Å². The number of hydrogen-bond acceptors (Lipinski definition) is 4. The molecule has 4 nitrogen and oxygen atoms in total. The molecule has 3 rings (SSSR count). The van der Waals surface area contributed by atoms with Gasteiger partial charge in [0.15, 0.2) is 0 Å². The van der Waals surface area contributed by atoms with Gasteiger partial charge < -0.3 is 5.73 Å². The average molecular weight is 226 g/mol. The Balaban J connectivity index is 1.92. The third-order valence-electron chi connectivity index (χ3n) is 3.12. The van der Waals surface area contributed by atoms with Crippen LogP contribution in [0.3, 0.4) is 0 Å². The van der Waals surface area contributed by atoms with Crippen LogP contribution < -0.4 is 5.73 Å². The Bertz CT molecular complexity index is 537. The van der Waals surface area contributed by atoms with Crippen LogP contribution in [0, 0.1) is 0 Å². The van der Waals surface area contributed by atoms with E-state index in [0.717, 1.165) is 48.3 Å². The molecule has 0 atom stereocenters. The summed E-state index contributed by atoms with van der Waals surface area (Å²) in [5, 5.41) is 0. The first-order valence-electron chi connectivity index (χ1n) is 5.86. The zero-order valence-electron chi connectivity index (χ0n) is 9.56. The maximum Gasteiger partial charge on any atom is 0.135 e. The van der Waals surface area contributed by atoms with E-state index in [0.29, 0.717) is 5.82 Å². The van der Waals surface area contributed by atoms with Crippen molar-refractivity contribution >= 4 is 5.82 Å². The van der Waals surface area contributed by atoms with Gasteiger partial charge in [0.2, 0.25) is 0 Å². The number of aromatic nitrogens is 3. The summed E-state index contributed by atoms with van der Waals surface area (Å²) < 4.78 is 0. The van der Waals surface area contributed by atoms with E-state index in [1.165, 1.54) is 0 Å². The van der Waals surface area contributed by atoms with Crippen LogP contribution in [0.1, 0.15) is 29.1 Å². The lowest BCUT2D eigenvalue weighted by Crippen LogP contribution is -2.06. The molecule has 0 spiro atoms. The van der Waals surface area contributed by atoms with Crippen molar-refractivity contribution < 1.29 is 0 Å². The first-order valence-corrected chi connectivity index (χ1v) is 5.86. The average Bonchev–Trinajstić information content (AvgIpc) is 2.79. The van der Waals surface area contributed by atoms with Crippen LogP contribution in [0.5, 0.6) is 0 Å². The molecule has 0 radical (unpaired) electrons. The highest BCUT2D eigenvalue weighted by Crippen LogP contribution is 2.24. The summed E-state index contributed by atoms with van der Waals surface area (Å²) in [5.74, 6) is 1.48. The van der Waals surface area contributed by atoms with Gasteiger partial charge in [-0.25, -0.2) is 9.97 Å². The van der Waals surface area contributed by atoms with Gasteiger partial charge in [0.05, 0.1) is 0 Å². The normalized spacial score (nSPS) is 13.6. The van der Waals surface area contributed by atoms with Gasteiger partial charge in [-0.3, -0.25) is 4.98 Å². The van der Waals surface area contributed by atoms with Gasteiger partial charge in [-0.15, -0.1) is 0 Å². The third kappa shape index (κ3) is 1.98. The smallest absolute Gasteiger partial charge is 0.135 e. The summed E-state index contributed by atoms with van der Waals surface area (Å²) >= 11 is 0. The van der Waals surface area contributed by atoms with Gasteiger partial charge >= 0.3 is 0 Å². The molecule has 2 aromatic rings. The van der Waals surface area contributed by atoms with E-state index in [4.69, 9.17) is 5.73 Å². The van der Waals surface area contributed by atoms with Crippen LogP contribution in [0.2, 0.25) is 0 Å². The molecular weight excluding hydrogens is 212 g/mol. The Morgan fingerprint density at radius 2 is 1.94 bits per heavy atom. The molecule has 86 valence electrons. The van der Waals surface area contributed by atoms with E-state index in [1.54, 1.807) is 12.4 Å². The minimum absolute atomic E-state index is 0.663. The second-order valence-electron chi connectivity index (χ2n) is 4.34. The Labute approximate surface area is 99.9 Å². The van der Waals surface area contributed by atoms with Gasteiger partial charge in [0, 0.05) is 30.1 Å². The number of hydrogen-bond donors (Lipinski definition) is 1. The fraction of sp³-hybridized carbons (Fsp3) is 0.308. The zero-order valence-corrected chi connectivity index (χ0v) is 9.56. The second-order valence-corrected chi connectivity index (χ2v) is 4.34. The number of anilines is 1. The van der Waals surface area contributed by atoms with Crippen molar-refractivity contribution in [2.24, 2.45) is 0 Å². The lowest BCUT2D eigenvalue weighted by atomic mass is 10.2. The summed E-state index contributed by atoms with van der Waals surface area (Å²) in [6, 6.07) is 3.96. The molecule has 0 fully saturated rings. The minimum atomic E-state index is 0.663. The summed E-state index contributed by atoms with van der Waals surface area (Å²) in [6.45, 7) is 0. The van der Waals surface area contributed by atoms with Gasteiger partial charge in [-0.2, -0.15) is 0 Å². The van der Waals surface area contributed by atoms with E-state index in [9.17, 15) is 0 Å². The molecule has 2 N–H and O–H groups in total. The van der Waals surface area contributed by atoms with Crippen molar-refractivity contribution in [3.05, 3.63) is 47.2 Å². The summed E-state index contributed by atoms with van der Waals surface area (Å²) in [4.78, 5) is 13.0. The third-order valence-corrected chi connectivity index (χ3v) is 3.12. The van der Waals surface area contributed by atoms with Crippen molar-refractivity contribution in [3.8, 4) is 0 Å². The first-order chi connectivity index (χ1) is 8.33. The Kier molecular flexibility index (Phi) is 2.48. The van der Waals surface area contributed by atoms with Gasteiger partial charge in [-0.05, 0) is 37.0 Å². The molecule has 2 heterocycles. The number of nitrogen functional groups attached to an aromatic ring is 1. The van der Waals surface area contributed by atoms with E-state index in [-0.39, 0.29) is 0 Å². The monoisotopic (exact) mass is 226 g/mol. The molecule has 1 aliphatic carbocycles. The van der Waals surface area contributed by atoms with E-state index in [1.807, 2.05) is 12.1 Å². The molecule has 0 saturated heterocycles. The number of aryl methyl sites for hydroxylation is 1. The molecule has 0 aliphatic heterocycles. The molecule has 17 heavy (non-hydrogen) atoms. The Hall–Kier alpha value is -1.97. The van der Waals surface area contributed by atoms with Crippen LogP contribution in [-0.4, -0.2) is 15.0 Å². The number of nitrogens with two attached hydrogens (primary N) is 1. The highest BCUT2D eigenvalue weighted by atomic mass is 15.0. The van der Waals surface area contributed by atoms with Crippen molar-refractivity contribution in [1.29, 1.82) is 0 Å². The predicted octanol–water partition coefficient (Wildman–Crippen LogP) is 1.53. The topological polar surface area (TPSA) is 64.7 Å². The van der Waals surface area contributed by atoms with Crippen LogP contribution in [0.25, 0.3) is 0 Å². The highest BCUT2D eigenvalue weighted by molar-refractivity contribution is 5.45. The van der Waals surface area contributed by atoms with Crippen molar-refractivity contribution in [3.63, 3.8) is 0 Å². The number of pyridine rings is 1. The molecular formula is C13H14N4. The molecule has 0 bridgehead atoms. The summed E-state index contributed by atoms with van der Waals surface area (Å²) in [5.41, 5.74) is 9.42. The Morgan fingerprint density at radius 1 is 1.12 bits per heavy atom. The second kappa shape index (κ2) is 4.13. The van der Waals surface area contributed by atoms with E-state index < -0.39 is 0 Å². The quantitative estimate of drug-likeness (QED) is 0.843. The van der Waals surface area contributed by atoms with Crippen LogP contribution >= 0.6 is 0 Å². The van der Waals surface area contributed by atoms with Crippen molar-refractivity contribution in [1.82, 2.24) is 15.0 Å². The standard InChI is InChI=1S/C13H14N4/c14-13-10-2-1-3-11(10)16-12(17-13)8-9-4-6-15-7-5-9/h4-7H,1-3,8H2,(H2,14,16,17). The molecule has 2 aromatic heterocycles. The molecule has 0 unspecified atom stereocenters. The lowest BCUT2D eigenvalue weighted by Gasteiger charge is -2.06. The summed E-state index contributed by atoms with van der Waals surface area (Å²) in [6.07, 6.45) is 7.49. The molecule has 0 aromatic carbocycles. The van der Waals surface area contributed by atoms with Crippen LogP contribution in [0.15, 0.2) is 24.5 Å². The van der Waals surface area contributed by atoms with E-state index in [2.05, 4.69) is 15.0 Å². The van der Waals surface area contributed by atoms with Gasteiger partial charge in [0.25, 0.3) is 0 Å². The molecule has 1 aliphatic rings. The first kappa shape index (κ1) is 10.2. The van der Waals surface area contributed by atoms with Crippen LogP contribution in [-0.2, 0) is 19.3 Å². The fourth-order valence-corrected chi connectivity index (χ4v) is 2.28. The molecule has 4 heteroatoms. The highest BCUT2D eigenvalue weighted by Gasteiger charge is 2.17. The predicted molar refractivity (Wildman–Crippen MR) is 65.5 cm³/mol. The van der Waals surface area contributed by atoms with Gasteiger partial charge in [0.1, 0.15) is 11.6 Å². The summed E-state index contributed by atoms with van der Waals surface area (Å²) in [7, 11) is 0. The minimum Gasteiger partial charge on any atom is -0.383 e. The zero-order chi connectivity index (χ0) is 11.7.